The van der Waals surface area contributed by atoms with E-state index >= 15 is 0 Å². The van der Waals surface area contributed by atoms with Gasteiger partial charge in [-0.2, -0.15) is 0 Å². The monoisotopic (exact) mass is 293 g/mol. The summed E-state index contributed by atoms with van der Waals surface area (Å²) in [4.78, 5) is 18.2. The summed E-state index contributed by atoms with van der Waals surface area (Å²) in [6.45, 7) is 2.03. The van der Waals surface area contributed by atoms with E-state index in [-0.39, 0.29) is 5.97 Å². The Balaban J connectivity index is 2.46. The number of carbonyl (C=O) groups excluding carboxylic acids is 1. The molecule has 0 unspecified atom stereocenters. The van der Waals surface area contributed by atoms with E-state index in [0.29, 0.717) is 5.69 Å². The van der Waals surface area contributed by atoms with Crippen molar-refractivity contribution in [3.8, 4) is 10.4 Å². The number of thioether (sulfide) groups is 1. The van der Waals surface area contributed by atoms with Crippen molar-refractivity contribution in [2.24, 2.45) is 0 Å². The molecule has 0 aliphatic carbocycles. The van der Waals surface area contributed by atoms with Crippen LogP contribution < -0.4 is 0 Å². The number of ether oxygens (including phenoxy) is 1. The first kappa shape index (κ1) is 14.1. The van der Waals surface area contributed by atoms with Gasteiger partial charge in [0.2, 0.25) is 0 Å². The van der Waals surface area contributed by atoms with Crippen molar-refractivity contribution in [3.63, 3.8) is 0 Å². The Labute approximate surface area is 121 Å². The maximum atomic E-state index is 11.8. The molecule has 1 heterocycles. The van der Waals surface area contributed by atoms with E-state index in [4.69, 9.17) is 4.74 Å². The lowest BCUT2D eigenvalue weighted by Crippen LogP contribution is -2.03. The van der Waals surface area contributed by atoms with Gasteiger partial charge in [-0.05, 0) is 30.4 Å². The Morgan fingerprint density at radius 3 is 2.58 bits per heavy atom. The van der Waals surface area contributed by atoms with Crippen LogP contribution in [-0.4, -0.2) is 24.3 Å². The first-order valence-electron chi connectivity index (χ1n) is 5.92. The quantitative estimate of drug-likeness (QED) is 0.633. The number of esters is 1. The number of aryl methyl sites for hydroxylation is 1. The molecule has 0 N–H and O–H groups in total. The molecule has 1 aromatic heterocycles. The minimum absolute atomic E-state index is 0.375. The van der Waals surface area contributed by atoms with E-state index in [1.807, 2.05) is 37.4 Å². The first-order valence-corrected chi connectivity index (χ1v) is 7.96. The molecule has 0 bridgehead atoms. The normalized spacial score (nSPS) is 10.5. The number of nitrogens with zero attached hydrogens (tertiary/aromatic N) is 1. The van der Waals surface area contributed by atoms with Crippen LogP contribution in [0.2, 0.25) is 0 Å². The van der Waals surface area contributed by atoms with Crippen LogP contribution in [0.5, 0.6) is 0 Å². The lowest BCUT2D eigenvalue weighted by Gasteiger charge is -2.02. The van der Waals surface area contributed by atoms with E-state index in [1.54, 1.807) is 23.1 Å². The maximum Gasteiger partial charge on any atom is 0.358 e. The fourth-order valence-corrected chi connectivity index (χ4v) is 3.09. The Morgan fingerprint density at radius 2 is 2.05 bits per heavy atom. The number of hydrogen-bond acceptors (Lipinski definition) is 5. The Hall–Kier alpha value is -1.33. The van der Waals surface area contributed by atoms with Gasteiger partial charge in [-0.25, -0.2) is 9.78 Å². The van der Waals surface area contributed by atoms with Gasteiger partial charge in [-0.15, -0.1) is 23.1 Å². The van der Waals surface area contributed by atoms with Crippen LogP contribution >= 0.6 is 23.1 Å². The molecule has 0 atom stereocenters. The molecule has 19 heavy (non-hydrogen) atoms. The number of benzene rings is 1. The number of hydrogen-bond donors (Lipinski definition) is 0. The van der Waals surface area contributed by atoms with Gasteiger partial charge in [0.25, 0.3) is 0 Å². The molecule has 100 valence electrons. The fraction of sp³-hybridized carbons (Fsp3) is 0.286. The number of methoxy groups -OCH3 is 1. The van der Waals surface area contributed by atoms with Crippen LogP contribution in [0.25, 0.3) is 10.4 Å². The molecule has 0 spiro atoms. The third-order valence-electron chi connectivity index (χ3n) is 2.70. The molecule has 0 amide bonds. The zero-order valence-electron chi connectivity index (χ0n) is 11.1. The second-order valence-electron chi connectivity index (χ2n) is 3.86. The summed E-state index contributed by atoms with van der Waals surface area (Å²) in [7, 11) is 1.38. The highest BCUT2D eigenvalue weighted by atomic mass is 32.2. The van der Waals surface area contributed by atoms with Crippen molar-refractivity contribution in [1.82, 2.24) is 4.98 Å². The third kappa shape index (κ3) is 2.98. The molecule has 0 saturated heterocycles. The predicted octanol–water partition coefficient (Wildman–Crippen LogP) is 3.88. The van der Waals surface area contributed by atoms with Gasteiger partial charge in [-0.3, -0.25) is 0 Å². The Bertz CT molecular complexity index is 576. The summed E-state index contributed by atoms with van der Waals surface area (Å²) >= 11 is 3.24. The fourth-order valence-electron chi connectivity index (χ4n) is 1.69. The molecule has 0 fully saturated rings. The number of carbonyl (C=O) groups is 1. The van der Waals surface area contributed by atoms with Crippen molar-refractivity contribution in [3.05, 3.63) is 35.0 Å². The number of thiazole rings is 1. The van der Waals surface area contributed by atoms with Gasteiger partial charge in [-0.1, -0.05) is 19.1 Å². The molecule has 5 heteroatoms. The van der Waals surface area contributed by atoms with E-state index in [2.05, 4.69) is 4.98 Å². The summed E-state index contributed by atoms with van der Waals surface area (Å²) in [6, 6.07) is 8.13. The van der Waals surface area contributed by atoms with Crippen LogP contribution in [0.1, 0.15) is 22.4 Å². The summed E-state index contributed by atoms with van der Waals surface area (Å²) in [6.07, 6.45) is 2.86. The van der Waals surface area contributed by atoms with Crippen molar-refractivity contribution >= 4 is 29.1 Å². The summed E-state index contributed by atoms with van der Waals surface area (Å²) in [5, 5.41) is 0.948. The standard InChI is InChI=1S/C14H15NO2S2/c1-4-11-15-12(14(16)17-2)13(19-11)9-5-7-10(18-3)8-6-9/h5-8H,4H2,1-3H3. The average Bonchev–Trinajstić information content (AvgIpc) is 2.90. The molecule has 0 aliphatic rings. The Kier molecular flexibility index (Phi) is 4.61. The lowest BCUT2D eigenvalue weighted by molar-refractivity contribution is 0.0595. The zero-order chi connectivity index (χ0) is 13.8. The molecule has 1 aromatic carbocycles. The molecular weight excluding hydrogens is 278 g/mol. The highest BCUT2D eigenvalue weighted by Gasteiger charge is 2.19. The van der Waals surface area contributed by atoms with Gasteiger partial charge in [0.15, 0.2) is 5.69 Å². The van der Waals surface area contributed by atoms with Gasteiger partial charge in [0.1, 0.15) is 0 Å². The first-order chi connectivity index (χ1) is 9.19. The van der Waals surface area contributed by atoms with Crippen molar-refractivity contribution in [2.45, 2.75) is 18.2 Å². The maximum absolute atomic E-state index is 11.8. The summed E-state index contributed by atoms with van der Waals surface area (Å²) < 4.78 is 4.80. The number of aromatic nitrogens is 1. The molecule has 0 saturated carbocycles. The molecule has 2 aromatic rings. The van der Waals surface area contributed by atoms with E-state index in [9.17, 15) is 4.79 Å². The Morgan fingerprint density at radius 1 is 1.37 bits per heavy atom. The molecule has 3 nitrogen and oxygen atoms in total. The van der Waals surface area contributed by atoms with Crippen LogP contribution in [-0.2, 0) is 11.2 Å². The van der Waals surface area contributed by atoms with E-state index in [1.165, 1.54) is 12.0 Å². The molecule has 0 radical (unpaired) electrons. The van der Waals surface area contributed by atoms with Gasteiger partial charge >= 0.3 is 5.97 Å². The van der Waals surface area contributed by atoms with Gasteiger partial charge in [0.05, 0.1) is 17.0 Å². The average molecular weight is 293 g/mol. The van der Waals surface area contributed by atoms with Crippen molar-refractivity contribution in [1.29, 1.82) is 0 Å². The predicted molar refractivity (Wildman–Crippen MR) is 80.0 cm³/mol. The largest absolute Gasteiger partial charge is 0.464 e. The smallest absolute Gasteiger partial charge is 0.358 e. The second-order valence-corrected chi connectivity index (χ2v) is 5.82. The van der Waals surface area contributed by atoms with Gasteiger partial charge in [0, 0.05) is 4.90 Å². The molecular formula is C14H15NO2S2. The molecule has 2 rings (SSSR count). The van der Waals surface area contributed by atoms with Crippen LogP contribution in [0.3, 0.4) is 0 Å². The van der Waals surface area contributed by atoms with Crippen LogP contribution in [0, 0.1) is 0 Å². The molecule has 0 aliphatic heterocycles. The van der Waals surface area contributed by atoms with Crippen LogP contribution in [0.15, 0.2) is 29.2 Å². The van der Waals surface area contributed by atoms with Crippen molar-refractivity contribution < 1.29 is 9.53 Å². The van der Waals surface area contributed by atoms with E-state index in [0.717, 1.165) is 21.9 Å². The minimum Gasteiger partial charge on any atom is -0.464 e. The topological polar surface area (TPSA) is 39.2 Å². The van der Waals surface area contributed by atoms with E-state index < -0.39 is 0 Å². The highest BCUT2D eigenvalue weighted by Crippen LogP contribution is 2.32. The SMILES string of the molecule is CCc1nc(C(=O)OC)c(-c2ccc(SC)cc2)s1. The summed E-state index contributed by atoms with van der Waals surface area (Å²) in [5.74, 6) is -0.375. The van der Waals surface area contributed by atoms with Crippen LogP contribution in [0.4, 0.5) is 0 Å². The minimum atomic E-state index is -0.375. The zero-order valence-corrected chi connectivity index (χ0v) is 12.7. The highest BCUT2D eigenvalue weighted by molar-refractivity contribution is 7.98. The number of rotatable bonds is 4. The second kappa shape index (κ2) is 6.21. The third-order valence-corrected chi connectivity index (χ3v) is 4.70. The van der Waals surface area contributed by atoms with Crippen molar-refractivity contribution in [2.75, 3.05) is 13.4 Å². The van der Waals surface area contributed by atoms with Gasteiger partial charge < -0.3 is 4.74 Å². The lowest BCUT2D eigenvalue weighted by atomic mass is 10.1. The summed E-state index contributed by atoms with van der Waals surface area (Å²) in [5.41, 5.74) is 1.43.